The van der Waals surface area contributed by atoms with Crippen molar-refractivity contribution in [3.63, 3.8) is 0 Å². The van der Waals surface area contributed by atoms with E-state index in [2.05, 4.69) is 15.9 Å². The lowest BCUT2D eigenvalue weighted by Crippen LogP contribution is -2.59. The molecule has 1 aliphatic heterocycles. The summed E-state index contributed by atoms with van der Waals surface area (Å²) in [5, 5.41) is 0. The molecule has 1 amide bonds. The quantitative estimate of drug-likeness (QED) is 0.634. The van der Waals surface area contributed by atoms with Crippen LogP contribution in [-0.2, 0) is 14.3 Å². The van der Waals surface area contributed by atoms with Gasteiger partial charge in [-0.15, -0.1) is 0 Å². The van der Waals surface area contributed by atoms with Gasteiger partial charge in [0.1, 0.15) is 17.5 Å². The maximum Gasteiger partial charge on any atom is 0.411 e. The predicted octanol–water partition coefficient (Wildman–Crippen LogP) is 4.49. The Bertz CT molecular complexity index is 748. The number of halogens is 2. The van der Waals surface area contributed by atoms with Crippen molar-refractivity contribution >= 4 is 28.0 Å². The highest BCUT2D eigenvalue weighted by molar-refractivity contribution is 9.10. The van der Waals surface area contributed by atoms with Gasteiger partial charge in [0.25, 0.3) is 0 Å². The molecule has 1 heterocycles. The van der Waals surface area contributed by atoms with Crippen LogP contribution in [0.5, 0.6) is 0 Å². The fourth-order valence-corrected chi connectivity index (χ4v) is 4.51. The van der Waals surface area contributed by atoms with Gasteiger partial charge in [-0.1, -0.05) is 22.0 Å². The highest BCUT2D eigenvalue weighted by Gasteiger charge is 2.52. The van der Waals surface area contributed by atoms with E-state index in [0.717, 1.165) is 6.42 Å². The van der Waals surface area contributed by atoms with Crippen molar-refractivity contribution in [2.75, 3.05) is 13.7 Å². The number of piperidine rings is 1. The summed E-state index contributed by atoms with van der Waals surface area (Å²) in [6.45, 7) is 5.80. The Balaban J connectivity index is 1.79. The molecule has 1 saturated heterocycles. The van der Waals surface area contributed by atoms with Crippen molar-refractivity contribution in [2.24, 2.45) is 11.8 Å². The molecule has 0 N–H and O–H groups in total. The van der Waals surface area contributed by atoms with Gasteiger partial charge in [-0.2, -0.15) is 0 Å². The van der Waals surface area contributed by atoms with Crippen molar-refractivity contribution in [3.8, 4) is 0 Å². The minimum absolute atomic E-state index is 0.0519. The van der Waals surface area contributed by atoms with Crippen LogP contribution in [0.3, 0.4) is 0 Å². The zero-order valence-electron chi connectivity index (χ0n) is 16.0. The van der Waals surface area contributed by atoms with Crippen molar-refractivity contribution in [1.82, 2.24) is 4.90 Å². The molecule has 5 nitrogen and oxygen atoms in total. The van der Waals surface area contributed by atoms with E-state index < -0.39 is 23.7 Å². The molecule has 4 atom stereocenters. The van der Waals surface area contributed by atoms with Crippen LogP contribution in [0.4, 0.5) is 9.18 Å². The van der Waals surface area contributed by atoms with Gasteiger partial charge in [-0.25, -0.2) is 14.0 Å². The minimum Gasteiger partial charge on any atom is -0.467 e. The van der Waals surface area contributed by atoms with Crippen LogP contribution in [0, 0.1) is 17.7 Å². The summed E-state index contributed by atoms with van der Waals surface area (Å²) < 4.78 is 25.5. The van der Waals surface area contributed by atoms with E-state index in [1.54, 1.807) is 26.8 Å². The van der Waals surface area contributed by atoms with E-state index in [1.165, 1.54) is 18.1 Å². The molecule has 3 rings (SSSR count). The average Bonchev–Trinajstić information content (AvgIpc) is 2.55. The number of amides is 1. The molecule has 3 unspecified atom stereocenters. The number of hydrogen-bond acceptors (Lipinski definition) is 4. The lowest BCUT2D eigenvalue weighted by Gasteiger charge is -2.53. The molecule has 2 aliphatic rings. The molecule has 0 bridgehead atoms. The highest BCUT2D eigenvalue weighted by Crippen LogP contribution is 2.53. The van der Waals surface area contributed by atoms with Gasteiger partial charge in [0.05, 0.1) is 7.11 Å². The van der Waals surface area contributed by atoms with Crippen molar-refractivity contribution in [2.45, 2.75) is 51.2 Å². The average molecular weight is 442 g/mol. The fourth-order valence-electron chi connectivity index (χ4n) is 4.18. The van der Waals surface area contributed by atoms with Crippen LogP contribution in [-0.4, -0.2) is 42.3 Å². The molecular weight excluding hydrogens is 417 g/mol. The Morgan fingerprint density at radius 1 is 1.26 bits per heavy atom. The third-order valence-electron chi connectivity index (χ3n) is 5.45. The third-order valence-corrected chi connectivity index (χ3v) is 5.94. The van der Waals surface area contributed by atoms with Crippen molar-refractivity contribution in [1.29, 1.82) is 0 Å². The van der Waals surface area contributed by atoms with Crippen LogP contribution in [0.25, 0.3) is 0 Å². The van der Waals surface area contributed by atoms with Crippen molar-refractivity contribution < 1.29 is 23.5 Å². The number of carbonyl (C=O) groups is 2. The Hall–Kier alpha value is -1.63. The largest absolute Gasteiger partial charge is 0.467 e. The first kappa shape index (κ1) is 20.1. The third kappa shape index (κ3) is 4.13. The molecule has 27 heavy (non-hydrogen) atoms. The molecule has 7 heteroatoms. The van der Waals surface area contributed by atoms with Gasteiger partial charge < -0.3 is 9.47 Å². The number of methoxy groups -OCH3 is 1. The minimum atomic E-state index is -0.701. The smallest absolute Gasteiger partial charge is 0.411 e. The molecular formula is C20H25BrFNO4. The molecule has 148 valence electrons. The zero-order valence-corrected chi connectivity index (χ0v) is 17.6. The van der Waals surface area contributed by atoms with E-state index in [4.69, 9.17) is 9.47 Å². The Kier molecular flexibility index (Phi) is 5.52. The van der Waals surface area contributed by atoms with Gasteiger partial charge in [0.2, 0.25) is 0 Å². The van der Waals surface area contributed by atoms with Crippen LogP contribution < -0.4 is 0 Å². The van der Waals surface area contributed by atoms with E-state index in [1.807, 2.05) is 6.07 Å². The second-order valence-electron chi connectivity index (χ2n) is 8.34. The SMILES string of the molecule is COC(=O)[C@@H]1CC2C(CC2c2ccc(Br)cc2F)CN1C(=O)OC(C)(C)C. The maximum absolute atomic E-state index is 14.4. The van der Waals surface area contributed by atoms with E-state index in [-0.39, 0.29) is 23.6 Å². The highest BCUT2D eigenvalue weighted by atomic mass is 79.9. The normalized spacial score (nSPS) is 27.4. The number of ether oxygens (including phenoxy) is 2. The first-order valence-electron chi connectivity index (χ1n) is 9.13. The summed E-state index contributed by atoms with van der Waals surface area (Å²) in [4.78, 5) is 26.4. The Morgan fingerprint density at radius 3 is 2.56 bits per heavy atom. The second kappa shape index (κ2) is 7.41. The summed E-state index contributed by atoms with van der Waals surface area (Å²) in [7, 11) is 1.31. The summed E-state index contributed by atoms with van der Waals surface area (Å²) in [5.41, 5.74) is 0.0332. The van der Waals surface area contributed by atoms with Gasteiger partial charge in [-0.3, -0.25) is 4.90 Å². The molecule has 1 aromatic carbocycles. The van der Waals surface area contributed by atoms with Gasteiger partial charge in [0.15, 0.2) is 0 Å². The Morgan fingerprint density at radius 2 is 1.96 bits per heavy atom. The first-order chi connectivity index (χ1) is 12.6. The van der Waals surface area contributed by atoms with Crippen LogP contribution in [0.2, 0.25) is 0 Å². The number of rotatable bonds is 2. The topological polar surface area (TPSA) is 55.8 Å². The lowest BCUT2D eigenvalue weighted by molar-refractivity contribution is -0.152. The lowest BCUT2D eigenvalue weighted by atomic mass is 9.58. The molecule has 0 radical (unpaired) electrons. The van der Waals surface area contributed by atoms with Crippen molar-refractivity contribution in [3.05, 3.63) is 34.1 Å². The summed E-state index contributed by atoms with van der Waals surface area (Å²) in [6.07, 6.45) is 0.738. The second-order valence-corrected chi connectivity index (χ2v) is 9.26. The monoisotopic (exact) mass is 441 g/mol. The number of fused-ring (bicyclic) bond motifs is 1. The van der Waals surface area contributed by atoms with E-state index >= 15 is 0 Å². The number of carbonyl (C=O) groups excluding carboxylic acids is 2. The number of nitrogens with zero attached hydrogens (tertiary/aromatic N) is 1. The van der Waals surface area contributed by atoms with Gasteiger partial charge in [-0.05, 0) is 69.1 Å². The maximum atomic E-state index is 14.4. The summed E-state index contributed by atoms with van der Waals surface area (Å²) in [6, 6.07) is 4.40. The molecule has 0 aromatic heterocycles. The van der Waals surface area contributed by atoms with E-state index in [9.17, 15) is 14.0 Å². The van der Waals surface area contributed by atoms with Crippen LogP contribution in [0.1, 0.15) is 45.1 Å². The molecule has 2 fully saturated rings. The zero-order chi connectivity index (χ0) is 19.9. The summed E-state index contributed by atoms with van der Waals surface area (Å²) in [5.74, 6) is -0.274. The predicted molar refractivity (Wildman–Crippen MR) is 102 cm³/mol. The Labute approximate surface area is 167 Å². The van der Waals surface area contributed by atoms with Gasteiger partial charge >= 0.3 is 12.1 Å². The number of benzene rings is 1. The molecule has 1 saturated carbocycles. The van der Waals surface area contributed by atoms with Crippen LogP contribution in [0.15, 0.2) is 22.7 Å². The summed E-state index contributed by atoms with van der Waals surface area (Å²) >= 11 is 3.28. The standard InChI is InChI=1S/C20H25BrFNO4/c1-20(2,3)27-19(25)23-10-11-7-15(13-6-5-12(21)8-16(13)22)14(11)9-17(23)18(24)26-4/h5-6,8,11,14-15,17H,7,9-10H2,1-4H3/t11?,14?,15?,17-/m0/s1. The molecule has 1 aliphatic carbocycles. The van der Waals surface area contributed by atoms with Gasteiger partial charge in [0, 0.05) is 11.0 Å². The number of likely N-dealkylation sites (tertiary alicyclic amines) is 1. The van der Waals surface area contributed by atoms with E-state index in [0.29, 0.717) is 23.0 Å². The molecule has 1 aromatic rings. The molecule has 0 spiro atoms. The number of esters is 1. The van der Waals surface area contributed by atoms with Crippen LogP contribution >= 0.6 is 15.9 Å². The fraction of sp³-hybridized carbons (Fsp3) is 0.600. The number of hydrogen-bond donors (Lipinski definition) is 0. The first-order valence-corrected chi connectivity index (χ1v) is 9.92.